The number of benzene rings is 2. The van der Waals surface area contributed by atoms with E-state index in [0.29, 0.717) is 12.1 Å². The van der Waals surface area contributed by atoms with Gasteiger partial charge in [-0.1, -0.05) is 29.8 Å². The molecule has 0 saturated carbocycles. The molecule has 1 heterocycles. The maximum absolute atomic E-state index is 13.8. The van der Waals surface area contributed by atoms with Crippen LogP contribution in [-0.2, 0) is 0 Å². The van der Waals surface area contributed by atoms with Gasteiger partial charge in [-0.2, -0.15) is 0 Å². The van der Waals surface area contributed by atoms with Crippen LogP contribution in [0.1, 0.15) is 40.4 Å². The number of nitrogens with zero attached hydrogens (tertiary/aromatic N) is 1. The number of methoxy groups -OCH3 is 1. The average molecular weight is 370 g/mol. The number of likely N-dealkylation sites (tertiary alicyclic amines) is 1. The van der Waals surface area contributed by atoms with E-state index < -0.39 is 5.82 Å². The van der Waals surface area contributed by atoms with Gasteiger partial charge in [0, 0.05) is 18.2 Å². The summed E-state index contributed by atoms with van der Waals surface area (Å²) in [5, 5.41) is 3.28. The van der Waals surface area contributed by atoms with Gasteiger partial charge in [0.25, 0.3) is 0 Å². The van der Waals surface area contributed by atoms with Crippen molar-refractivity contribution >= 4 is 5.78 Å². The highest BCUT2D eigenvalue weighted by molar-refractivity contribution is 5.97. The van der Waals surface area contributed by atoms with Crippen LogP contribution in [0.4, 0.5) is 4.39 Å². The van der Waals surface area contributed by atoms with Crippen LogP contribution >= 0.6 is 0 Å². The van der Waals surface area contributed by atoms with Crippen molar-refractivity contribution in [2.45, 2.75) is 25.8 Å². The Kier molecular flexibility index (Phi) is 6.58. The third-order valence-corrected chi connectivity index (χ3v) is 5.14. The lowest BCUT2D eigenvalue weighted by Crippen LogP contribution is -2.36. The maximum atomic E-state index is 13.8. The van der Waals surface area contributed by atoms with E-state index in [1.807, 2.05) is 0 Å². The van der Waals surface area contributed by atoms with E-state index >= 15 is 0 Å². The zero-order valence-corrected chi connectivity index (χ0v) is 16.0. The maximum Gasteiger partial charge on any atom is 0.176 e. The molecule has 5 heteroatoms. The van der Waals surface area contributed by atoms with E-state index in [2.05, 4.69) is 41.4 Å². The molecule has 1 unspecified atom stereocenters. The smallest absolute Gasteiger partial charge is 0.176 e. The van der Waals surface area contributed by atoms with Crippen molar-refractivity contribution in [1.82, 2.24) is 10.2 Å². The molecule has 1 atom stereocenters. The molecule has 1 aliphatic heterocycles. The van der Waals surface area contributed by atoms with Crippen molar-refractivity contribution in [3.63, 3.8) is 0 Å². The summed E-state index contributed by atoms with van der Waals surface area (Å²) in [6.45, 7) is 5.12. The molecule has 2 aromatic rings. The van der Waals surface area contributed by atoms with Gasteiger partial charge in [0.05, 0.1) is 13.7 Å². The molecule has 1 fully saturated rings. The van der Waals surface area contributed by atoms with Gasteiger partial charge in [0.15, 0.2) is 17.3 Å². The molecule has 0 aliphatic carbocycles. The minimum absolute atomic E-state index is 0.124. The van der Waals surface area contributed by atoms with Crippen LogP contribution in [0.25, 0.3) is 0 Å². The topological polar surface area (TPSA) is 41.6 Å². The van der Waals surface area contributed by atoms with Gasteiger partial charge in [-0.15, -0.1) is 0 Å². The van der Waals surface area contributed by atoms with E-state index in [1.165, 1.54) is 43.2 Å². The number of halogens is 1. The molecule has 27 heavy (non-hydrogen) atoms. The van der Waals surface area contributed by atoms with E-state index in [4.69, 9.17) is 4.74 Å². The molecule has 1 N–H and O–H groups in total. The Labute approximate surface area is 160 Å². The van der Waals surface area contributed by atoms with Gasteiger partial charge in [0.1, 0.15) is 0 Å². The number of carbonyl (C=O) groups is 1. The first-order chi connectivity index (χ1) is 13.1. The lowest BCUT2D eigenvalue weighted by molar-refractivity contribution is 0.0987. The molecule has 0 bridgehead atoms. The highest BCUT2D eigenvalue weighted by atomic mass is 19.1. The van der Waals surface area contributed by atoms with Crippen molar-refractivity contribution < 1.29 is 13.9 Å². The number of hydrogen-bond acceptors (Lipinski definition) is 4. The van der Waals surface area contributed by atoms with E-state index in [-0.39, 0.29) is 24.1 Å². The normalized spacial score (nSPS) is 15.7. The Balaban J connectivity index is 1.62. The zero-order chi connectivity index (χ0) is 19.2. The lowest BCUT2D eigenvalue weighted by Gasteiger charge is -2.28. The average Bonchev–Trinajstić information content (AvgIpc) is 3.20. The minimum atomic E-state index is -0.516. The van der Waals surface area contributed by atoms with Gasteiger partial charge < -0.3 is 10.1 Å². The summed E-state index contributed by atoms with van der Waals surface area (Å²) < 4.78 is 18.7. The van der Waals surface area contributed by atoms with Gasteiger partial charge in [-0.25, -0.2) is 4.39 Å². The van der Waals surface area contributed by atoms with E-state index in [0.717, 1.165) is 13.1 Å². The molecular formula is C22H27FN2O2. The largest absolute Gasteiger partial charge is 0.494 e. The van der Waals surface area contributed by atoms with Gasteiger partial charge in [-0.3, -0.25) is 9.69 Å². The molecule has 1 saturated heterocycles. The number of carbonyl (C=O) groups excluding carboxylic acids is 1. The monoisotopic (exact) mass is 370 g/mol. The second-order valence-electron chi connectivity index (χ2n) is 7.07. The quantitative estimate of drug-likeness (QED) is 0.719. The molecule has 0 amide bonds. The van der Waals surface area contributed by atoms with E-state index in [1.54, 1.807) is 6.07 Å². The highest BCUT2D eigenvalue weighted by Gasteiger charge is 2.23. The molecule has 4 nitrogen and oxygen atoms in total. The Morgan fingerprint density at radius 3 is 2.52 bits per heavy atom. The third-order valence-electron chi connectivity index (χ3n) is 5.14. The van der Waals surface area contributed by atoms with Crippen molar-refractivity contribution in [1.29, 1.82) is 0 Å². The highest BCUT2D eigenvalue weighted by Crippen LogP contribution is 2.25. The Bertz CT molecular complexity index is 770. The Morgan fingerprint density at radius 1 is 1.19 bits per heavy atom. The summed E-state index contributed by atoms with van der Waals surface area (Å²) in [5.74, 6) is -0.494. The first-order valence-corrected chi connectivity index (χ1v) is 9.46. The summed E-state index contributed by atoms with van der Waals surface area (Å²) in [7, 11) is 1.41. The lowest BCUT2D eigenvalue weighted by atomic mass is 10.0. The number of ether oxygens (including phenoxy) is 1. The minimum Gasteiger partial charge on any atom is -0.494 e. The number of hydrogen-bond donors (Lipinski definition) is 1. The van der Waals surface area contributed by atoms with Crippen LogP contribution < -0.4 is 10.1 Å². The SMILES string of the molecule is COc1ccc(C(=O)CNCC(c2ccc(C)cc2)N2CCCC2)cc1F. The van der Waals surface area contributed by atoms with Crippen LogP contribution in [0, 0.1) is 12.7 Å². The zero-order valence-electron chi connectivity index (χ0n) is 16.0. The van der Waals surface area contributed by atoms with Crippen molar-refractivity contribution in [2.75, 3.05) is 33.3 Å². The predicted octanol–water partition coefficient (Wildman–Crippen LogP) is 3.75. The van der Waals surface area contributed by atoms with Crippen LogP contribution in [0.2, 0.25) is 0 Å². The predicted molar refractivity (Wildman–Crippen MR) is 105 cm³/mol. The molecule has 0 radical (unpaired) electrons. The van der Waals surface area contributed by atoms with Gasteiger partial charge in [-0.05, 0) is 56.6 Å². The molecule has 1 aliphatic rings. The molecule has 0 aromatic heterocycles. The molecule has 2 aromatic carbocycles. The summed E-state index contributed by atoms with van der Waals surface area (Å²) in [5.41, 5.74) is 2.86. The summed E-state index contributed by atoms with van der Waals surface area (Å²) in [4.78, 5) is 14.9. The summed E-state index contributed by atoms with van der Waals surface area (Å²) >= 11 is 0. The number of ketones is 1. The van der Waals surface area contributed by atoms with Crippen LogP contribution in [0.15, 0.2) is 42.5 Å². The Hall–Kier alpha value is -2.24. The number of Topliss-reactive ketones (excluding diaryl/α,β-unsaturated/α-hetero) is 1. The fourth-order valence-electron chi connectivity index (χ4n) is 3.56. The fourth-order valence-corrected chi connectivity index (χ4v) is 3.56. The van der Waals surface area contributed by atoms with Gasteiger partial charge in [0.2, 0.25) is 0 Å². The second kappa shape index (κ2) is 9.11. The number of nitrogens with one attached hydrogen (secondary N) is 1. The third kappa shape index (κ3) is 4.93. The summed E-state index contributed by atoms with van der Waals surface area (Å²) in [6.07, 6.45) is 2.43. The van der Waals surface area contributed by atoms with Crippen molar-refractivity contribution in [3.8, 4) is 5.75 Å². The molecule has 3 rings (SSSR count). The fraction of sp³-hybridized carbons (Fsp3) is 0.409. The van der Waals surface area contributed by atoms with Gasteiger partial charge >= 0.3 is 0 Å². The first-order valence-electron chi connectivity index (χ1n) is 9.46. The molecule has 0 spiro atoms. The van der Waals surface area contributed by atoms with Crippen LogP contribution in [0.5, 0.6) is 5.75 Å². The van der Waals surface area contributed by atoms with Crippen molar-refractivity contribution in [2.24, 2.45) is 0 Å². The molecule has 144 valence electrons. The first kappa shape index (κ1) is 19.5. The van der Waals surface area contributed by atoms with Crippen LogP contribution in [0.3, 0.4) is 0 Å². The standard InChI is InChI=1S/C22H27FN2O2/c1-16-5-7-17(8-6-16)20(25-11-3-4-12-25)14-24-15-21(26)18-9-10-22(27-2)19(23)13-18/h5-10,13,20,24H,3-4,11-12,14-15H2,1-2H3. The van der Waals surface area contributed by atoms with E-state index in [9.17, 15) is 9.18 Å². The number of aryl methyl sites for hydroxylation is 1. The Morgan fingerprint density at radius 2 is 1.89 bits per heavy atom. The molecular weight excluding hydrogens is 343 g/mol. The van der Waals surface area contributed by atoms with Crippen molar-refractivity contribution in [3.05, 3.63) is 65.0 Å². The summed E-state index contributed by atoms with van der Waals surface area (Å²) in [6, 6.07) is 13.2. The van der Waals surface area contributed by atoms with Crippen LogP contribution in [-0.4, -0.2) is 44.0 Å². The second-order valence-corrected chi connectivity index (χ2v) is 7.07. The number of rotatable bonds is 8.